The molecule has 2 aromatic rings. The van der Waals surface area contributed by atoms with E-state index in [1.165, 1.54) is 0 Å². The molecule has 1 unspecified atom stereocenters. The molecule has 4 rings (SSSR count). The fraction of sp³-hybridized carbons (Fsp3) is 0.269. The molecule has 0 amide bonds. The Morgan fingerprint density at radius 2 is 1.69 bits per heavy atom. The maximum absolute atomic E-state index is 9.90. The molecule has 6 nitrogen and oxygen atoms in total. The number of hydrogen-bond acceptors (Lipinski definition) is 6. The third-order valence-electron chi connectivity index (χ3n) is 5.96. The van der Waals surface area contributed by atoms with E-state index in [0.717, 1.165) is 52.6 Å². The lowest BCUT2D eigenvalue weighted by atomic mass is 9.80. The molecule has 0 saturated carbocycles. The van der Waals surface area contributed by atoms with Gasteiger partial charge in [-0.05, 0) is 53.6 Å². The van der Waals surface area contributed by atoms with Crippen molar-refractivity contribution in [2.75, 3.05) is 33.9 Å². The van der Waals surface area contributed by atoms with Gasteiger partial charge in [0, 0.05) is 18.7 Å². The number of rotatable bonds is 5. The molecule has 164 valence electrons. The number of methoxy groups -OCH3 is 2. The fourth-order valence-corrected chi connectivity index (χ4v) is 4.24. The highest BCUT2D eigenvalue weighted by molar-refractivity contribution is 5.63. The smallest absolute Gasteiger partial charge is 0.205 e. The van der Waals surface area contributed by atoms with Crippen LogP contribution in [-0.4, -0.2) is 38.8 Å². The Hall–Kier alpha value is -3.69. The molecule has 0 bridgehead atoms. The van der Waals surface area contributed by atoms with Crippen molar-refractivity contribution in [2.45, 2.75) is 12.8 Å². The van der Waals surface area contributed by atoms with Crippen molar-refractivity contribution in [3.63, 3.8) is 0 Å². The summed E-state index contributed by atoms with van der Waals surface area (Å²) in [5, 5.41) is 9.90. The van der Waals surface area contributed by atoms with E-state index in [9.17, 15) is 5.26 Å². The predicted octanol–water partition coefficient (Wildman–Crippen LogP) is 4.18. The number of nitriles is 1. The van der Waals surface area contributed by atoms with Gasteiger partial charge in [0.15, 0.2) is 0 Å². The zero-order valence-corrected chi connectivity index (χ0v) is 18.6. The average molecular weight is 430 g/mol. The quantitative estimate of drug-likeness (QED) is 0.768. The van der Waals surface area contributed by atoms with Gasteiger partial charge in [-0.1, -0.05) is 31.2 Å². The molecule has 0 saturated heterocycles. The summed E-state index contributed by atoms with van der Waals surface area (Å²) in [6, 6.07) is 18.0. The largest absolute Gasteiger partial charge is 0.497 e. The third-order valence-corrected chi connectivity index (χ3v) is 5.96. The van der Waals surface area contributed by atoms with Crippen LogP contribution in [0.4, 0.5) is 0 Å². The minimum absolute atomic E-state index is 0.164. The minimum atomic E-state index is -0.261. The molecule has 6 heteroatoms. The standard InChI is InChI=1S/C26H27N3O3/c1-4-29-15-19(13-17-5-9-20(30-2)10-6-17)25-23(16-29)24(22(14-27)26(28)32-25)18-7-11-21(31-3)12-8-18/h5-13,24H,4,15-16,28H2,1-3H3/b19-13+. The Morgan fingerprint density at radius 3 is 2.25 bits per heavy atom. The van der Waals surface area contributed by atoms with Crippen molar-refractivity contribution in [3.8, 4) is 17.6 Å². The lowest BCUT2D eigenvalue weighted by molar-refractivity contribution is 0.239. The van der Waals surface area contributed by atoms with E-state index in [2.05, 4.69) is 24.0 Å². The number of likely N-dealkylation sites (N-methyl/N-ethyl adjacent to an activating group) is 1. The van der Waals surface area contributed by atoms with E-state index in [4.69, 9.17) is 19.9 Å². The number of benzene rings is 2. The second-order valence-corrected chi connectivity index (χ2v) is 7.80. The predicted molar refractivity (Wildman–Crippen MR) is 124 cm³/mol. The van der Waals surface area contributed by atoms with Crippen LogP contribution in [-0.2, 0) is 4.74 Å². The highest BCUT2D eigenvalue weighted by Crippen LogP contribution is 2.44. The van der Waals surface area contributed by atoms with Gasteiger partial charge in [0.1, 0.15) is 28.9 Å². The van der Waals surface area contributed by atoms with Crippen LogP contribution >= 0.6 is 0 Å². The molecule has 0 aliphatic carbocycles. The molecule has 2 N–H and O–H groups in total. The zero-order valence-electron chi connectivity index (χ0n) is 18.6. The highest BCUT2D eigenvalue weighted by Gasteiger charge is 2.37. The maximum Gasteiger partial charge on any atom is 0.205 e. The molecule has 2 aliphatic heterocycles. The zero-order chi connectivity index (χ0) is 22.7. The van der Waals surface area contributed by atoms with Crippen molar-refractivity contribution >= 4 is 6.08 Å². The number of hydrogen-bond donors (Lipinski definition) is 1. The number of allylic oxidation sites excluding steroid dienone is 1. The van der Waals surface area contributed by atoms with Gasteiger partial charge in [0.05, 0.1) is 20.1 Å². The monoisotopic (exact) mass is 429 g/mol. The molecule has 2 aromatic carbocycles. The minimum Gasteiger partial charge on any atom is -0.497 e. The van der Waals surface area contributed by atoms with Crippen molar-refractivity contribution in [1.29, 1.82) is 5.26 Å². The lowest BCUT2D eigenvalue weighted by Crippen LogP contribution is -2.38. The van der Waals surface area contributed by atoms with Gasteiger partial charge in [-0.3, -0.25) is 4.90 Å². The summed E-state index contributed by atoms with van der Waals surface area (Å²) < 4.78 is 16.7. The van der Waals surface area contributed by atoms with Crippen LogP contribution in [0.5, 0.6) is 11.5 Å². The molecular weight excluding hydrogens is 402 g/mol. The summed E-state index contributed by atoms with van der Waals surface area (Å²) in [5.74, 6) is 2.25. The molecule has 0 radical (unpaired) electrons. The van der Waals surface area contributed by atoms with Gasteiger partial charge in [-0.15, -0.1) is 0 Å². The Kier molecular flexibility index (Phi) is 6.20. The summed E-state index contributed by atoms with van der Waals surface area (Å²) in [5.41, 5.74) is 10.8. The Labute approximate surface area is 188 Å². The number of nitrogens with zero attached hydrogens (tertiary/aromatic N) is 2. The lowest BCUT2D eigenvalue weighted by Gasteiger charge is -2.38. The van der Waals surface area contributed by atoms with Crippen LogP contribution < -0.4 is 15.2 Å². The number of nitrogens with two attached hydrogens (primary N) is 1. The van der Waals surface area contributed by atoms with Gasteiger partial charge < -0.3 is 19.9 Å². The second kappa shape index (κ2) is 9.21. The first kappa shape index (κ1) is 21.5. The Bertz CT molecular complexity index is 1120. The first-order chi connectivity index (χ1) is 15.6. The summed E-state index contributed by atoms with van der Waals surface area (Å²) in [7, 11) is 3.29. The average Bonchev–Trinajstić information content (AvgIpc) is 2.84. The topological polar surface area (TPSA) is 80.7 Å². The number of ether oxygens (including phenoxy) is 3. The van der Waals surface area contributed by atoms with Crippen LogP contribution in [0.1, 0.15) is 24.0 Å². The molecule has 0 fully saturated rings. The first-order valence-electron chi connectivity index (χ1n) is 10.6. The van der Waals surface area contributed by atoms with Gasteiger partial charge >= 0.3 is 0 Å². The van der Waals surface area contributed by atoms with Crippen LogP contribution in [0.3, 0.4) is 0 Å². The van der Waals surface area contributed by atoms with Gasteiger partial charge in [-0.2, -0.15) is 5.26 Å². The molecule has 2 aliphatic rings. The molecule has 0 spiro atoms. The first-order valence-corrected chi connectivity index (χ1v) is 10.6. The SMILES string of the molecule is CCN1CC2=C(OC(N)=C(C#N)C2c2ccc(OC)cc2)/C(=C/c2ccc(OC)cc2)C1. The Morgan fingerprint density at radius 1 is 1.06 bits per heavy atom. The summed E-state index contributed by atoms with van der Waals surface area (Å²) in [6.45, 7) is 4.47. The summed E-state index contributed by atoms with van der Waals surface area (Å²) in [6.07, 6.45) is 2.12. The Balaban J connectivity index is 1.82. The third kappa shape index (κ3) is 4.08. The molecule has 2 heterocycles. The van der Waals surface area contributed by atoms with Crippen molar-refractivity contribution in [1.82, 2.24) is 4.90 Å². The van der Waals surface area contributed by atoms with Crippen LogP contribution in [0.2, 0.25) is 0 Å². The van der Waals surface area contributed by atoms with Crippen LogP contribution in [0.15, 0.2) is 76.9 Å². The maximum atomic E-state index is 9.90. The van der Waals surface area contributed by atoms with Crippen molar-refractivity contribution in [2.24, 2.45) is 5.73 Å². The van der Waals surface area contributed by atoms with E-state index in [1.54, 1.807) is 14.2 Å². The molecule has 0 aromatic heterocycles. The molecular formula is C26H27N3O3. The van der Waals surface area contributed by atoms with Crippen LogP contribution in [0.25, 0.3) is 6.08 Å². The normalized spacial score (nSPS) is 19.9. The fourth-order valence-electron chi connectivity index (χ4n) is 4.24. The van der Waals surface area contributed by atoms with Crippen LogP contribution in [0, 0.1) is 11.3 Å². The summed E-state index contributed by atoms with van der Waals surface area (Å²) in [4.78, 5) is 2.34. The van der Waals surface area contributed by atoms with Crippen molar-refractivity contribution < 1.29 is 14.2 Å². The van der Waals surface area contributed by atoms with E-state index in [0.29, 0.717) is 12.1 Å². The van der Waals surface area contributed by atoms with E-state index in [-0.39, 0.29) is 11.8 Å². The summed E-state index contributed by atoms with van der Waals surface area (Å²) >= 11 is 0. The van der Waals surface area contributed by atoms with E-state index in [1.807, 2.05) is 48.5 Å². The van der Waals surface area contributed by atoms with E-state index >= 15 is 0 Å². The van der Waals surface area contributed by atoms with Gasteiger partial charge in [0.2, 0.25) is 5.88 Å². The van der Waals surface area contributed by atoms with Gasteiger partial charge in [-0.25, -0.2) is 0 Å². The van der Waals surface area contributed by atoms with Gasteiger partial charge in [0.25, 0.3) is 0 Å². The van der Waals surface area contributed by atoms with Crippen molar-refractivity contribution in [3.05, 3.63) is 88.0 Å². The second-order valence-electron chi connectivity index (χ2n) is 7.80. The highest BCUT2D eigenvalue weighted by atomic mass is 16.5. The molecule has 1 atom stereocenters. The van der Waals surface area contributed by atoms with E-state index < -0.39 is 0 Å². The molecule has 32 heavy (non-hydrogen) atoms.